The first-order valence-electron chi connectivity index (χ1n) is 5.17. The second-order valence-corrected chi connectivity index (χ2v) is 4.08. The summed E-state index contributed by atoms with van der Waals surface area (Å²) in [6, 6.07) is 2.07. The van der Waals surface area contributed by atoms with E-state index in [0.29, 0.717) is 0 Å². The van der Waals surface area contributed by atoms with Crippen LogP contribution in [-0.2, 0) is 0 Å². The average molecular weight is 191 g/mol. The minimum atomic E-state index is 0.779. The van der Waals surface area contributed by atoms with Crippen LogP contribution >= 0.6 is 0 Å². The molecule has 0 saturated carbocycles. The van der Waals surface area contributed by atoms with E-state index in [9.17, 15) is 0 Å². The summed E-state index contributed by atoms with van der Waals surface area (Å²) in [5.41, 5.74) is 7.62. The third kappa shape index (κ3) is 1.54. The van der Waals surface area contributed by atoms with Crippen LogP contribution in [0.25, 0.3) is 0 Å². The fourth-order valence-electron chi connectivity index (χ4n) is 1.74. The first-order chi connectivity index (χ1) is 6.70. The Morgan fingerprint density at radius 3 is 2.86 bits per heavy atom. The van der Waals surface area contributed by atoms with Gasteiger partial charge in [-0.3, -0.25) is 0 Å². The number of anilines is 2. The maximum absolute atomic E-state index is 5.72. The lowest BCUT2D eigenvalue weighted by atomic mass is 9.97. The Morgan fingerprint density at radius 2 is 2.29 bits per heavy atom. The number of rotatable bonds is 2. The summed E-state index contributed by atoms with van der Waals surface area (Å²) >= 11 is 0. The Kier molecular flexibility index (Phi) is 2.32. The van der Waals surface area contributed by atoms with Crippen molar-refractivity contribution in [2.75, 3.05) is 23.7 Å². The summed E-state index contributed by atoms with van der Waals surface area (Å²) in [6.07, 6.45) is 3.02. The van der Waals surface area contributed by atoms with E-state index < -0.39 is 0 Å². The molecule has 1 aliphatic heterocycles. The maximum atomic E-state index is 5.72. The van der Waals surface area contributed by atoms with Crippen LogP contribution in [-0.4, -0.2) is 18.1 Å². The van der Waals surface area contributed by atoms with Crippen molar-refractivity contribution in [3.8, 4) is 0 Å². The van der Waals surface area contributed by atoms with Crippen molar-refractivity contribution in [2.45, 2.75) is 20.3 Å². The number of nitrogens with zero attached hydrogens (tertiary/aromatic N) is 2. The fraction of sp³-hybridized carbons (Fsp3) is 0.545. The number of hydrogen-bond donors (Lipinski definition) is 1. The Morgan fingerprint density at radius 1 is 1.57 bits per heavy atom. The quantitative estimate of drug-likeness (QED) is 0.775. The molecule has 2 heterocycles. The highest BCUT2D eigenvalue weighted by atomic mass is 15.2. The monoisotopic (exact) mass is 191 g/mol. The molecule has 0 bridgehead atoms. The minimum absolute atomic E-state index is 0.779. The maximum Gasteiger partial charge on any atom is 0.128 e. The zero-order valence-electron chi connectivity index (χ0n) is 8.83. The second kappa shape index (κ2) is 3.48. The van der Waals surface area contributed by atoms with Crippen molar-refractivity contribution < 1.29 is 0 Å². The molecule has 2 N–H and O–H groups in total. The summed E-state index contributed by atoms with van der Waals surface area (Å²) in [6.45, 7) is 6.56. The molecule has 0 unspecified atom stereocenters. The van der Waals surface area contributed by atoms with Gasteiger partial charge in [-0.1, -0.05) is 6.92 Å². The van der Waals surface area contributed by atoms with Crippen molar-refractivity contribution in [1.29, 1.82) is 0 Å². The van der Waals surface area contributed by atoms with Crippen molar-refractivity contribution in [1.82, 2.24) is 4.98 Å². The van der Waals surface area contributed by atoms with Gasteiger partial charge in [0.15, 0.2) is 0 Å². The molecular formula is C11H17N3. The Labute approximate surface area is 84.9 Å². The Bertz CT molecular complexity index is 329. The van der Waals surface area contributed by atoms with E-state index in [4.69, 9.17) is 5.73 Å². The van der Waals surface area contributed by atoms with Gasteiger partial charge in [0.2, 0.25) is 0 Å². The van der Waals surface area contributed by atoms with Crippen molar-refractivity contribution in [3.05, 3.63) is 17.8 Å². The van der Waals surface area contributed by atoms with Gasteiger partial charge in [-0.2, -0.15) is 0 Å². The second-order valence-electron chi connectivity index (χ2n) is 4.08. The molecule has 0 amide bonds. The summed E-state index contributed by atoms with van der Waals surface area (Å²) in [5, 5.41) is 0. The van der Waals surface area contributed by atoms with Crippen LogP contribution in [0.15, 0.2) is 12.3 Å². The molecule has 1 saturated heterocycles. The molecule has 0 aromatic carbocycles. The molecule has 0 spiro atoms. The number of nitrogen functional groups attached to an aromatic ring is 1. The van der Waals surface area contributed by atoms with E-state index in [2.05, 4.69) is 22.9 Å². The van der Waals surface area contributed by atoms with Gasteiger partial charge in [-0.05, 0) is 30.9 Å². The van der Waals surface area contributed by atoms with Crippen LogP contribution in [0.1, 0.15) is 18.9 Å². The van der Waals surface area contributed by atoms with Gasteiger partial charge in [0.05, 0.1) is 11.9 Å². The lowest BCUT2D eigenvalue weighted by Gasteiger charge is -2.39. The van der Waals surface area contributed by atoms with Crippen molar-refractivity contribution in [2.24, 2.45) is 5.92 Å². The van der Waals surface area contributed by atoms with Gasteiger partial charge in [0, 0.05) is 13.1 Å². The first-order valence-corrected chi connectivity index (χ1v) is 5.17. The van der Waals surface area contributed by atoms with Gasteiger partial charge in [-0.25, -0.2) is 4.98 Å². The zero-order valence-corrected chi connectivity index (χ0v) is 8.83. The first kappa shape index (κ1) is 9.31. The predicted molar refractivity (Wildman–Crippen MR) is 59.4 cm³/mol. The van der Waals surface area contributed by atoms with Gasteiger partial charge in [-0.15, -0.1) is 0 Å². The van der Waals surface area contributed by atoms with Gasteiger partial charge < -0.3 is 10.6 Å². The standard InChI is InChI=1S/C11H17N3/c1-3-9-6-14(7-9)11-4-8(2)10(12)5-13-11/h4-5,9H,3,6-7,12H2,1-2H3. The molecule has 1 fully saturated rings. The highest BCUT2D eigenvalue weighted by Gasteiger charge is 2.25. The molecule has 0 atom stereocenters. The molecule has 0 radical (unpaired) electrons. The van der Waals surface area contributed by atoms with Crippen LogP contribution in [0.3, 0.4) is 0 Å². The smallest absolute Gasteiger partial charge is 0.128 e. The van der Waals surface area contributed by atoms with E-state index in [-0.39, 0.29) is 0 Å². The molecule has 0 aliphatic carbocycles. The van der Waals surface area contributed by atoms with Crippen LogP contribution in [0.2, 0.25) is 0 Å². The van der Waals surface area contributed by atoms with Crippen LogP contribution in [0.4, 0.5) is 11.5 Å². The highest BCUT2D eigenvalue weighted by Crippen LogP contribution is 2.26. The summed E-state index contributed by atoms with van der Waals surface area (Å²) in [4.78, 5) is 6.64. The SMILES string of the molecule is CCC1CN(c2cc(C)c(N)cn2)C1. The number of nitrogens with two attached hydrogens (primary N) is 1. The number of aromatic nitrogens is 1. The third-order valence-corrected chi connectivity index (χ3v) is 3.00. The molecule has 1 aromatic rings. The van der Waals surface area contributed by atoms with E-state index in [1.54, 1.807) is 6.20 Å². The van der Waals surface area contributed by atoms with Gasteiger partial charge >= 0.3 is 0 Å². The molecule has 1 aromatic heterocycles. The van der Waals surface area contributed by atoms with Crippen LogP contribution in [0, 0.1) is 12.8 Å². The largest absolute Gasteiger partial charge is 0.397 e. The fourth-order valence-corrected chi connectivity index (χ4v) is 1.74. The van der Waals surface area contributed by atoms with E-state index in [1.807, 2.05) is 6.92 Å². The summed E-state index contributed by atoms with van der Waals surface area (Å²) < 4.78 is 0. The Balaban J connectivity index is 2.08. The highest BCUT2D eigenvalue weighted by molar-refractivity contribution is 5.53. The van der Waals surface area contributed by atoms with Gasteiger partial charge in [0.1, 0.15) is 5.82 Å². The number of hydrogen-bond acceptors (Lipinski definition) is 3. The lowest BCUT2D eigenvalue weighted by molar-refractivity contribution is 0.396. The van der Waals surface area contributed by atoms with E-state index in [0.717, 1.165) is 36.1 Å². The molecule has 3 nitrogen and oxygen atoms in total. The molecule has 1 aliphatic rings. The van der Waals surface area contributed by atoms with E-state index >= 15 is 0 Å². The summed E-state index contributed by atoms with van der Waals surface area (Å²) in [5.74, 6) is 1.93. The lowest BCUT2D eigenvalue weighted by Crippen LogP contribution is -2.46. The third-order valence-electron chi connectivity index (χ3n) is 3.00. The van der Waals surface area contributed by atoms with Crippen LogP contribution in [0.5, 0.6) is 0 Å². The molecule has 76 valence electrons. The van der Waals surface area contributed by atoms with Crippen molar-refractivity contribution >= 4 is 11.5 Å². The van der Waals surface area contributed by atoms with Crippen molar-refractivity contribution in [3.63, 3.8) is 0 Å². The normalized spacial score (nSPS) is 16.9. The average Bonchev–Trinajstić information content (AvgIpc) is 2.09. The van der Waals surface area contributed by atoms with Crippen LogP contribution < -0.4 is 10.6 Å². The molecule has 2 rings (SSSR count). The predicted octanol–water partition coefficient (Wildman–Crippen LogP) is 1.82. The number of pyridine rings is 1. The van der Waals surface area contributed by atoms with Gasteiger partial charge in [0.25, 0.3) is 0 Å². The van der Waals surface area contributed by atoms with E-state index in [1.165, 1.54) is 6.42 Å². The zero-order chi connectivity index (χ0) is 10.1. The summed E-state index contributed by atoms with van der Waals surface area (Å²) in [7, 11) is 0. The Hall–Kier alpha value is -1.25. The molecule has 3 heteroatoms. The minimum Gasteiger partial charge on any atom is -0.397 e. The topological polar surface area (TPSA) is 42.1 Å². The molecule has 14 heavy (non-hydrogen) atoms. The number of aryl methyl sites for hydroxylation is 1. The molecular weight excluding hydrogens is 174 g/mol.